The van der Waals surface area contributed by atoms with Crippen molar-refractivity contribution in [3.8, 4) is 11.5 Å². The topological polar surface area (TPSA) is 55.8 Å². The van der Waals surface area contributed by atoms with Crippen molar-refractivity contribution in [2.75, 3.05) is 20.8 Å². The van der Waals surface area contributed by atoms with E-state index in [2.05, 4.69) is 12.1 Å². The Kier molecular flexibility index (Phi) is 3.04. The van der Waals surface area contributed by atoms with Crippen LogP contribution in [0.5, 0.6) is 11.5 Å². The third-order valence-electron chi connectivity index (χ3n) is 6.19. The van der Waals surface area contributed by atoms with E-state index in [1.165, 1.54) is 0 Å². The molecular weight excluding hydrogens is 316 g/mol. The van der Waals surface area contributed by atoms with E-state index in [9.17, 15) is 9.90 Å². The monoisotopic (exact) mass is 336 g/mol. The minimum Gasteiger partial charge on any atom is -0.497 e. The van der Waals surface area contributed by atoms with E-state index < -0.39 is 0 Å². The summed E-state index contributed by atoms with van der Waals surface area (Å²) in [5.41, 5.74) is 4.56. The number of carbonyl (C=O) groups excluding carboxylic acids is 1. The number of methoxy groups -OCH3 is 2. The summed E-state index contributed by atoms with van der Waals surface area (Å²) >= 11 is 0. The second kappa shape index (κ2) is 5.09. The molecule has 2 aromatic rings. The van der Waals surface area contributed by atoms with Gasteiger partial charge in [-0.3, -0.25) is 4.79 Å². The number of aliphatic hydroxyl groups is 1. The molecule has 0 saturated heterocycles. The highest BCUT2D eigenvalue weighted by Gasteiger charge is 2.61. The van der Waals surface area contributed by atoms with Crippen LogP contribution < -0.4 is 9.47 Å². The van der Waals surface area contributed by atoms with Crippen molar-refractivity contribution in [2.24, 2.45) is 5.92 Å². The normalized spacial score (nSPS) is 30.8. The summed E-state index contributed by atoms with van der Waals surface area (Å²) in [6, 6.07) is 12.0. The lowest BCUT2D eigenvalue weighted by Gasteiger charge is -2.16. The van der Waals surface area contributed by atoms with Crippen LogP contribution >= 0.6 is 0 Å². The van der Waals surface area contributed by atoms with Crippen LogP contribution in [0.2, 0.25) is 0 Å². The van der Waals surface area contributed by atoms with E-state index in [4.69, 9.17) is 9.47 Å². The van der Waals surface area contributed by atoms with Crippen LogP contribution in [-0.2, 0) is 4.79 Å². The Morgan fingerprint density at radius 1 is 0.840 bits per heavy atom. The maximum absolute atomic E-state index is 12.6. The number of hydrogen-bond acceptors (Lipinski definition) is 4. The third-order valence-corrected chi connectivity index (χ3v) is 6.19. The van der Waals surface area contributed by atoms with Gasteiger partial charge in [0.15, 0.2) is 0 Å². The Labute approximate surface area is 146 Å². The largest absolute Gasteiger partial charge is 0.497 e. The molecule has 0 aromatic heterocycles. The summed E-state index contributed by atoms with van der Waals surface area (Å²) in [6.07, 6.45) is 0. The van der Waals surface area contributed by atoms with Crippen LogP contribution in [0.25, 0.3) is 0 Å². The minimum atomic E-state index is -0.0612. The highest BCUT2D eigenvalue weighted by molar-refractivity contribution is 6.10. The van der Waals surface area contributed by atoms with E-state index in [1.807, 2.05) is 24.3 Å². The molecular formula is C21H20O4. The fourth-order valence-corrected chi connectivity index (χ4v) is 4.86. The van der Waals surface area contributed by atoms with Gasteiger partial charge >= 0.3 is 0 Å². The lowest BCUT2D eigenvalue weighted by atomic mass is 9.89. The van der Waals surface area contributed by atoms with Crippen LogP contribution in [0.15, 0.2) is 36.4 Å². The fraction of sp³-hybridized carbons (Fsp3) is 0.381. The van der Waals surface area contributed by atoms with Crippen LogP contribution in [-0.4, -0.2) is 31.7 Å². The molecule has 2 fully saturated rings. The van der Waals surface area contributed by atoms with Gasteiger partial charge in [-0.25, -0.2) is 0 Å². The van der Waals surface area contributed by atoms with Crippen molar-refractivity contribution in [1.82, 2.24) is 0 Å². The lowest BCUT2D eigenvalue weighted by molar-refractivity contribution is -0.110. The molecule has 128 valence electrons. The van der Waals surface area contributed by atoms with Gasteiger partial charge < -0.3 is 14.6 Å². The molecule has 3 aliphatic carbocycles. The Bertz CT molecular complexity index is 818. The Hall–Kier alpha value is -2.33. The standard InChI is InChI=1S/C21H20O4/c1-24-10-3-5-12-14(7-10)17-16(9-22)18(17)15-8-11(25-2)4-6-13(15)20-19(12)21(20)23/h3-8,16-20,22H,9H2,1-2H3. The molecule has 1 N–H and O–H groups in total. The summed E-state index contributed by atoms with van der Waals surface area (Å²) in [7, 11) is 3.31. The summed E-state index contributed by atoms with van der Waals surface area (Å²) in [4.78, 5) is 12.6. The zero-order valence-electron chi connectivity index (χ0n) is 14.2. The SMILES string of the molecule is COc1ccc2c(c1)C1C(CO)C1c1cc(OC)ccc1C1C(=O)C21. The van der Waals surface area contributed by atoms with Crippen LogP contribution in [0.1, 0.15) is 45.9 Å². The second-order valence-corrected chi connectivity index (χ2v) is 7.25. The Balaban J connectivity index is 1.71. The summed E-state index contributed by atoms with van der Waals surface area (Å²) in [6.45, 7) is 0.145. The second-order valence-electron chi connectivity index (χ2n) is 7.25. The quantitative estimate of drug-likeness (QED) is 0.936. The van der Waals surface area contributed by atoms with Crippen molar-refractivity contribution in [2.45, 2.75) is 23.7 Å². The van der Waals surface area contributed by atoms with Gasteiger partial charge in [0, 0.05) is 6.61 Å². The number of ketones is 1. The summed E-state index contributed by atoms with van der Waals surface area (Å²) in [5.74, 6) is 2.42. The highest BCUT2D eigenvalue weighted by Crippen LogP contribution is 2.68. The van der Waals surface area contributed by atoms with Gasteiger partial charge in [0.1, 0.15) is 17.3 Å². The lowest BCUT2D eigenvalue weighted by Crippen LogP contribution is -2.01. The predicted molar refractivity (Wildman–Crippen MR) is 92.5 cm³/mol. The van der Waals surface area contributed by atoms with Gasteiger partial charge in [0.25, 0.3) is 0 Å². The molecule has 0 heterocycles. The zero-order chi connectivity index (χ0) is 17.3. The molecule has 4 atom stereocenters. The van der Waals surface area contributed by atoms with E-state index in [0.29, 0.717) is 5.78 Å². The van der Waals surface area contributed by atoms with Crippen LogP contribution in [0, 0.1) is 5.92 Å². The van der Waals surface area contributed by atoms with Crippen LogP contribution in [0.4, 0.5) is 0 Å². The molecule has 4 heteroatoms. The molecule has 4 nitrogen and oxygen atoms in total. The van der Waals surface area contributed by atoms with E-state index in [1.54, 1.807) is 14.2 Å². The Morgan fingerprint density at radius 2 is 1.32 bits per heavy atom. The molecule has 0 bridgehead atoms. The average Bonchev–Trinajstić information content (AvgIpc) is 3.53. The molecule has 0 aliphatic heterocycles. The van der Waals surface area contributed by atoms with Gasteiger partial charge in [0.05, 0.1) is 26.1 Å². The summed E-state index contributed by atoms with van der Waals surface area (Å²) < 4.78 is 10.8. The Morgan fingerprint density at radius 3 is 1.72 bits per heavy atom. The number of fused-ring (bicyclic) bond motifs is 8. The van der Waals surface area contributed by atoms with E-state index in [0.717, 1.165) is 33.8 Å². The molecule has 5 rings (SSSR count). The third kappa shape index (κ3) is 1.94. The van der Waals surface area contributed by atoms with Gasteiger partial charge in [0.2, 0.25) is 0 Å². The smallest absolute Gasteiger partial charge is 0.149 e. The van der Waals surface area contributed by atoms with Gasteiger partial charge in [-0.1, -0.05) is 12.1 Å². The predicted octanol–water partition coefficient (Wildman–Crippen LogP) is 2.96. The molecule has 3 aliphatic rings. The number of hydrogen-bond donors (Lipinski definition) is 1. The highest BCUT2D eigenvalue weighted by atomic mass is 16.5. The first-order valence-corrected chi connectivity index (χ1v) is 8.69. The number of rotatable bonds is 3. The molecule has 0 spiro atoms. The number of Topliss-reactive ketones (excluding diaryl/α,β-unsaturated/α-hetero) is 1. The maximum Gasteiger partial charge on any atom is 0.149 e. The molecule has 0 amide bonds. The van der Waals surface area contributed by atoms with Gasteiger partial charge in [-0.15, -0.1) is 0 Å². The molecule has 0 radical (unpaired) electrons. The van der Waals surface area contributed by atoms with Crippen molar-refractivity contribution in [3.05, 3.63) is 58.7 Å². The number of aliphatic hydroxyl groups excluding tert-OH is 1. The van der Waals surface area contributed by atoms with Crippen molar-refractivity contribution < 1.29 is 19.4 Å². The fourth-order valence-electron chi connectivity index (χ4n) is 4.86. The number of carbonyl (C=O) groups is 1. The maximum atomic E-state index is 12.6. The first kappa shape index (κ1) is 15.0. The zero-order valence-corrected chi connectivity index (χ0v) is 14.2. The number of ether oxygens (including phenoxy) is 2. The summed E-state index contributed by atoms with van der Waals surface area (Å²) in [5, 5.41) is 9.92. The van der Waals surface area contributed by atoms with Gasteiger partial charge in [-0.2, -0.15) is 0 Å². The minimum absolute atomic E-state index is 0.0612. The first-order valence-electron chi connectivity index (χ1n) is 8.69. The van der Waals surface area contributed by atoms with E-state index in [-0.39, 0.29) is 36.2 Å². The average molecular weight is 336 g/mol. The van der Waals surface area contributed by atoms with Crippen molar-refractivity contribution >= 4 is 5.78 Å². The molecule has 2 aromatic carbocycles. The molecule has 4 unspecified atom stereocenters. The molecule has 25 heavy (non-hydrogen) atoms. The van der Waals surface area contributed by atoms with Gasteiger partial charge in [-0.05, 0) is 64.3 Å². The van der Waals surface area contributed by atoms with Crippen LogP contribution in [0.3, 0.4) is 0 Å². The first-order chi connectivity index (χ1) is 12.2. The van der Waals surface area contributed by atoms with Crippen molar-refractivity contribution in [1.29, 1.82) is 0 Å². The van der Waals surface area contributed by atoms with Crippen molar-refractivity contribution in [3.63, 3.8) is 0 Å². The number of benzene rings is 2. The molecule has 2 saturated carbocycles. The van der Waals surface area contributed by atoms with E-state index >= 15 is 0 Å².